The van der Waals surface area contributed by atoms with Crippen molar-refractivity contribution >= 4 is 23.3 Å². The SMILES string of the molecule is COCCNC(=O)/C(C#N)=C\c1sccc1C. The third-order valence-electron chi connectivity index (χ3n) is 2.13. The van der Waals surface area contributed by atoms with Crippen molar-refractivity contribution in [3.8, 4) is 6.07 Å². The maximum Gasteiger partial charge on any atom is 0.262 e. The van der Waals surface area contributed by atoms with Crippen molar-refractivity contribution in [2.24, 2.45) is 0 Å². The molecule has 0 spiro atoms. The van der Waals surface area contributed by atoms with E-state index in [0.717, 1.165) is 10.4 Å². The third kappa shape index (κ3) is 4.02. The van der Waals surface area contributed by atoms with Crippen LogP contribution in [0, 0.1) is 18.3 Å². The quantitative estimate of drug-likeness (QED) is 0.492. The molecule has 1 N–H and O–H groups in total. The summed E-state index contributed by atoms with van der Waals surface area (Å²) >= 11 is 1.51. The lowest BCUT2D eigenvalue weighted by Gasteiger charge is -2.02. The van der Waals surface area contributed by atoms with Crippen molar-refractivity contribution in [2.75, 3.05) is 20.3 Å². The van der Waals surface area contributed by atoms with E-state index in [1.165, 1.54) is 11.3 Å². The van der Waals surface area contributed by atoms with Crippen LogP contribution in [0.15, 0.2) is 17.0 Å². The molecule has 0 aliphatic heterocycles. The van der Waals surface area contributed by atoms with Crippen molar-refractivity contribution in [1.82, 2.24) is 5.32 Å². The van der Waals surface area contributed by atoms with Gasteiger partial charge in [0, 0.05) is 18.5 Å². The Kier molecular flexibility index (Phi) is 5.40. The summed E-state index contributed by atoms with van der Waals surface area (Å²) in [6, 6.07) is 3.86. The van der Waals surface area contributed by atoms with Crippen molar-refractivity contribution in [1.29, 1.82) is 5.26 Å². The first-order chi connectivity index (χ1) is 8.19. The van der Waals surface area contributed by atoms with Crippen molar-refractivity contribution < 1.29 is 9.53 Å². The molecular formula is C12H14N2O2S. The second-order valence-corrected chi connectivity index (χ2v) is 4.33. The van der Waals surface area contributed by atoms with Gasteiger partial charge in [0.15, 0.2) is 0 Å². The number of thiophene rings is 1. The van der Waals surface area contributed by atoms with Gasteiger partial charge in [0.25, 0.3) is 5.91 Å². The summed E-state index contributed by atoms with van der Waals surface area (Å²) in [5, 5.41) is 13.5. The first kappa shape index (κ1) is 13.4. The average molecular weight is 250 g/mol. The molecule has 0 aliphatic carbocycles. The smallest absolute Gasteiger partial charge is 0.262 e. The summed E-state index contributed by atoms with van der Waals surface area (Å²) in [6.45, 7) is 2.78. The number of carbonyl (C=O) groups excluding carboxylic acids is 1. The summed E-state index contributed by atoms with van der Waals surface area (Å²) < 4.78 is 4.82. The molecule has 0 bridgehead atoms. The van der Waals surface area contributed by atoms with E-state index in [2.05, 4.69) is 5.32 Å². The number of nitriles is 1. The van der Waals surface area contributed by atoms with E-state index in [-0.39, 0.29) is 11.5 Å². The van der Waals surface area contributed by atoms with Gasteiger partial charge >= 0.3 is 0 Å². The van der Waals surface area contributed by atoms with Gasteiger partial charge in [-0.1, -0.05) is 0 Å². The zero-order valence-electron chi connectivity index (χ0n) is 9.82. The molecule has 0 radical (unpaired) electrons. The Balaban J connectivity index is 2.72. The molecule has 0 saturated carbocycles. The summed E-state index contributed by atoms with van der Waals surface area (Å²) in [5.74, 6) is -0.364. The molecule has 4 nitrogen and oxygen atoms in total. The molecule has 1 aromatic rings. The van der Waals surface area contributed by atoms with Crippen molar-refractivity contribution in [3.63, 3.8) is 0 Å². The van der Waals surface area contributed by atoms with Crippen LogP contribution in [0.25, 0.3) is 6.08 Å². The van der Waals surface area contributed by atoms with Crippen LogP contribution < -0.4 is 5.32 Å². The largest absolute Gasteiger partial charge is 0.383 e. The van der Waals surface area contributed by atoms with Crippen LogP contribution in [0.2, 0.25) is 0 Å². The number of ether oxygens (including phenoxy) is 1. The van der Waals surface area contributed by atoms with E-state index in [1.54, 1.807) is 13.2 Å². The zero-order valence-corrected chi connectivity index (χ0v) is 10.6. The monoisotopic (exact) mass is 250 g/mol. The van der Waals surface area contributed by atoms with E-state index in [9.17, 15) is 4.79 Å². The van der Waals surface area contributed by atoms with Crippen LogP contribution in [0.5, 0.6) is 0 Å². The fourth-order valence-electron chi connectivity index (χ4n) is 1.17. The Labute approximate surface area is 105 Å². The van der Waals surface area contributed by atoms with Crippen LogP contribution in [0.1, 0.15) is 10.4 Å². The third-order valence-corrected chi connectivity index (χ3v) is 3.10. The van der Waals surface area contributed by atoms with E-state index in [1.807, 2.05) is 24.4 Å². The minimum atomic E-state index is -0.364. The van der Waals surface area contributed by atoms with Crippen molar-refractivity contribution in [2.45, 2.75) is 6.92 Å². The molecule has 1 heterocycles. The number of methoxy groups -OCH3 is 1. The molecule has 1 aromatic heterocycles. The second kappa shape index (κ2) is 6.84. The Hall–Kier alpha value is -1.64. The van der Waals surface area contributed by atoms with Gasteiger partial charge in [-0.3, -0.25) is 4.79 Å². The number of aryl methyl sites for hydroxylation is 1. The van der Waals surface area contributed by atoms with Crippen LogP contribution in [0.4, 0.5) is 0 Å². The number of hydrogen-bond donors (Lipinski definition) is 1. The number of rotatable bonds is 5. The lowest BCUT2D eigenvalue weighted by Crippen LogP contribution is -2.27. The summed E-state index contributed by atoms with van der Waals surface area (Å²) in [4.78, 5) is 12.6. The highest BCUT2D eigenvalue weighted by atomic mass is 32.1. The molecule has 0 saturated heterocycles. The summed E-state index contributed by atoms with van der Waals surface area (Å²) in [6.07, 6.45) is 1.61. The Bertz CT molecular complexity index is 457. The molecule has 0 fully saturated rings. The molecule has 1 rings (SSSR count). The number of amides is 1. The van der Waals surface area contributed by atoms with Gasteiger partial charge in [-0.05, 0) is 30.0 Å². The predicted octanol–water partition coefficient (Wildman–Crippen LogP) is 1.73. The van der Waals surface area contributed by atoms with Gasteiger partial charge < -0.3 is 10.1 Å². The van der Waals surface area contributed by atoms with Crippen LogP contribution in [0.3, 0.4) is 0 Å². The second-order valence-electron chi connectivity index (χ2n) is 3.39. The van der Waals surface area contributed by atoms with E-state index >= 15 is 0 Å². The zero-order chi connectivity index (χ0) is 12.7. The standard InChI is InChI=1S/C12H14N2O2S/c1-9-3-6-17-11(9)7-10(8-13)12(15)14-4-5-16-2/h3,6-7H,4-5H2,1-2H3,(H,14,15)/b10-7-. The van der Waals surface area contributed by atoms with Gasteiger partial charge in [0.05, 0.1) is 6.61 Å². The van der Waals surface area contributed by atoms with E-state index in [0.29, 0.717) is 13.2 Å². The Morgan fingerprint density at radius 2 is 2.47 bits per heavy atom. The molecule has 0 aromatic carbocycles. The maximum absolute atomic E-state index is 11.6. The molecular weight excluding hydrogens is 236 g/mol. The lowest BCUT2D eigenvalue weighted by molar-refractivity contribution is -0.117. The van der Waals surface area contributed by atoms with Crippen molar-refractivity contribution in [3.05, 3.63) is 27.5 Å². The molecule has 0 unspecified atom stereocenters. The highest BCUT2D eigenvalue weighted by Crippen LogP contribution is 2.18. The Morgan fingerprint density at radius 3 is 3.00 bits per heavy atom. The van der Waals surface area contributed by atoms with Gasteiger partial charge in [-0.15, -0.1) is 11.3 Å². The number of hydrogen-bond acceptors (Lipinski definition) is 4. The highest BCUT2D eigenvalue weighted by Gasteiger charge is 2.09. The highest BCUT2D eigenvalue weighted by molar-refractivity contribution is 7.11. The van der Waals surface area contributed by atoms with Gasteiger partial charge in [-0.2, -0.15) is 5.26 Å². The fourth-order valence-corrected chi connectivity index (χ4v) is 2.03. The first-order valence-corrected chi connectivity index (χ1v) is 6.00. The van der Waals surface area contributed by atoms with E-state index < -0.39 is 0 Å². The number of carbonyl (C=O) groups is 1. The maximum atomic E-state index is 11.6. The van der Waals surface area contributed by atoms with E-state index in [4.69, 9.17) is 10.00 Å². The molecule has 0 aliphatic rings. The van der Waals surface area contributed by atoms with Gasteiger partial charge in [0.2, 0.25) is 0 Å². The average Bonchev–Trinajstić information content (AvgIpc) is 2.72. The number of nitrogens with zero attached hydrogens (tertiary/aromatic N) is 1. The van der Waals surface area contributed by atoms with Crippen LogP contribution >= 0.6 is 11.3 Å². The molecule has 5 heteroatoms. The van der Waals surface area contributed by atoms with Gasteiger partial charge in [-0.25, -0.2) is 0 Å². The summed E-state index contributed by atoms with van der Waals surface area (Å²) in [5.41, 5.74) is 1.18. The normalized spacial score (nSPS) is 11.0. The predicted molar refractivity (Wildman–Crippen MR) is 67.5 cm³/mol. The number of nitrogens with one attached hydrogen (secondary N) is 1. The minimum absolute atomic E-state index is 0.117. The first-order valence-electron chi connectivity index (χ1n) is 5.12. The van der Waals surface area contributed by atoms with Crippen LogP contribution in [-0.2, 0) is 9.53 Å². The summed E-state index contributed by atoms with van der Waals surface area (Å²) in [7, 11) is 1.56. The Morgan fingerprint density at radius 1 is 1.71 bits per heavy atom. The topological polar surface area (TPSA) is 62.1 Å². The van der Waals surface area contributed by atoms with Gasteiger partial charge in [0.1, 0.15) is 11.6 Å². The molecule has 17 heavy (non-hydrogen) atoms. The molecule has 90 valence electrons. The fraction of sp³-hybridized carbons (Fsp3) is 0.333. The molecule has 1 amide bonds. The minimum Gasteiger partial charge on any atom is -0.383 e. The van der Waals surface area contributed by atoms with Crippen LogP contribution in [-0.4, -0.2) is 26.2 Å². The lowest BCUT2D eigenvalue weighted by atomic mass is 10.2. The molecule has 0 atom stereocenters.